The maximum Gasteiger partial charge on any atom is 0.416 e. The van der Waals surface area contributed by atoms with Gasteiger partial charge in [0.2, 0.25) is 10.9 Å². The molecule has 0 radical (unpaired) electrons. The van der Waals surface area contributed by atoms with Gasteiger partial charge in [0, 0.05) is 11.6 Å². The molecule has 0 spiro atoms. The number of amides is 2. The zero-order chi connectivity index (χ0) is 32.3. The zero-order valence-electron chi connectivity index (χ0n) is 24.0. The van der Waals surface area contributed by atoms with E-state index in [0.29, 0.717) is 0 Å². The lowest BCUT2D eigenvalue weighted by Crippen LogP contribution is -2.44. The summed E-state index contributed by atoms with van der Waals surface area (Å²) in [4.78, 5) is 37.2. The minimum Gasteiger partial charge on any atom is -0.444 e. The number of nitro benzene ring substituents is 1. The summed E-state index contributed by atoms with van der Waals surface area (Å²) < 4.78 is 64.7. The van der Waals surface area contributed by atoms with Crippen molar-refractivity contribution in [2.24, 2.45) is 0 Å². The van der Waals surface area contributed by atoms with E-state index >= 15 is 0 Å². The van der Waals surface area contributed by atoms with Gasteiger partial charge >= 0.3 is 24.1 Å². The van der Waals surface area contributed by atoms with Crippen LogP contribution in [-0.2, 0) is 15.7 Å². The Morgan fingerprint density at radius 1 is 1.00 bits per heavy atom. The molecule has 1 N–H and O–H groups in total. The maximum absolute atomic E-state index is 14.3. The lowest BCUT2D eigenvalue weighted by atomic mass is 10.0. The molecule has 0 aliphatic heterocycles. The van der Waals surface area contributed by atoms with Crippen molar-refractivity contribution in [2.45, 2.75) is 65.0 Å². The number of carbonyl (C=O) groups excluding carboxylic acids is 2. The second-order valence-electron chi connectivity index (χ2n) is 11.2. The first kappa shape index (κ1) is 33.2. The van der Waals surface area contributed by atoms with Crippen molar-refractivity contribution < 1.29 is 41.5 Å². The number of carbonyl (C=O) groups is 2. The number of anilines is 1. The minimum atomic E-state index is -4.60. The van der Waals surface area contributed by atoms with Crippen LogP contribution in [0.25, 0.3) is 10.6 Å². The first-order chi connectivity index (χ1) is 19.7. The van der Waals surface area contributed by atoms with Crippen molar-refractivity contribution in [1.82, 2.24) is 15.5 Å². The van der Waals surface area contributed by atoms with E-state index < -0.39 is 57.6 Å². The summed E-state index contributed by atoms with van der Waals surface area (Å²) in [5.41, 5.74) is -3.20. The second kappa shape index (κ2) is 12.5. The van der Waals surface area contributed by atoms with Crippen molar-refractivity contribution in [3.05, 3.63) is 69.5 Å². The predicted molar refractivity (Wildman–Crippen MR) is 149 cm³/mol. The third-order valence-corrected chi connectivity index (χ3v) is 6.34. The fraction of sp³-hybridized carbons (Fsp3) is 0.407. The highest BCUT2D eigenvalue weighted by Gasteiger charge is 2.33. The van der Waals surface area contributed by atoms with Crippen molar-refractivity contribution in [3.63, 3.8) is 0 Å². The van der Waals surface area contributed by atoms with E-state index in [1.54, 1.807) is 41.5 Å². The quantitative estimate of drug-likeness (QED) is 0.164. The fourth-order valence-corrected chi connectivity index (χ4v) is 4.39. The van der Waals surface area contributed by atoms with E-state index in [1.807, 2.05) is 0 Å². The monoisotopic (exact) mass is 627 g/mol. The number of halogens is 4. The third-order valence-electron chi connectivity index (χ3n) is 5.35. The highest BCUT2D eigenvalue weighted by Crippen LogP contribution is 2.34. The van der Waals surface area contributed by atoms with E-state index in [0.717, 1.165) is 52.6 Å². The van der Waals surface area contributed by atoms with Crippen LogP contribution in [0.1, 0.15) is 58.7 Å². The lowest BCUT2D eigenvalue weighted by Gasteiger charge is -2.30. The maximum atomic E-state index is 14.3. The molecule has 1 heterocycles. The first-order valence-corrected chi connectivity index (χ1v) is 13.5. The molecular weight excluding hydrogens is 598 g/mol. The van der Waals surface area contributed by atoms with Crippen molar-refractivity contribution in [3.8, 4) is 10.6 Å². The second-order valence-corrected chi connectivity index (χ2v) is 12.2. The number of aromatic nitrogens is 2. The van der Waals surface area contributed by atoms with Crippen molar-refractivity contribution in [2.75, 3.05) is 11.4 Å². The van der Waals surface area contributed by atoms with Gasteiger partial charge in [0.05, 0.1) is 23.1 Å². The number of alkyl carbamates (subject to hydrolysis) is 1. The molecule has 2 amide bonds. The molecule has 3 aromatic rings. The summed E-state index contributed by atoms with van der Waals surface area (Å²) >= 11 is 0.817. The molecule has 0 bridgehead atoms. The van der Waals surface area contributed by atoms with Crippen LogP contribution in [-0.4, -0.2) is 45.1 Å². The van der Waals surface area contributed by atoms with Gasteiger partial charge in [0.25, 0.3) is 0 Å². The van der Waals surface area contributed by atoms with Crippen LogP contribution in [0.2, 0.25) is 0 Å². The average molecular weight is 628 g/mol. The molecule has 11 nitrogen and oxygen atoms in total. The summed E-state index contributed by atoms with van der Waals surface area (Å²) in [6.45, 7) is 9.31. The minimum absolute atomic E-state index is 0.0640. The number of benzene rings is 2. The number of nitro groups is 1. The summed E-state index contributed by atoms with van der Waals surface area (Å²) in [5.74, 6) is -1.10. The van der Waals surface area contributed by atoms with Gasteiger partial charge in [-0.05, 0) is 71.4 Å². The molecule has 3 rings (SSSR count). The van der Waals surface area contributed by atoms with Crippen LogP contribution in [0.15, 0.2) is 42.5 Å². The molecule has 0 unspecified atom stereocenters. The number of hydrogen-bond donors (Lipinski definition) is 1. The predicted octanol–water partition coefficient (Wildman–Crippen LogP) is 7.28. The molecular formula is C27H29F4N5O6S. The van der Waals surface area contributed by atoms with Gasteiger partial charge in [0.1, 0.15) is 16.2 Å². The summed E-state index contributed by atoms with van der Waals surface area (Å²) in [6, 6.07) is 5.99. The van der Waals surface area contributed by atoms with Crippen LogP contribution < -0.4 is 10.2 Å². The number of ether oxygens (including phenoxy) is 2. The Bertz CT molecular complexity index is 1480. The first-order valence-electron chi connectivity index (χ1n) is 12.7. The van der Waals surface area contributed by atoms with Crippen LogP contribution in [0.5, 0.6) is 0 Å². The normalized spacial score (nSPS) is 12.8. The van der Waals surface area contributed by atoms with E-state index in [1.165, 1.54) is 6.07 Å². The Morgan fingerprint density at radius 2 is 1.60 bits per heavy atom. The van der Waals surface area contributed by atoms with Gasteiger partial charge in [-0.1, -0.05) is 23.5 Å². The molecule has 16 heteroatoms. The Morgan fingerprint density at radius 3 is 2.12 bits per heavy atom. The number of nitrogens with zero attached hydrogens (tertiary/aromatic N) is 4. The molecule has 0 aliphatic carbocycles. The average Bonchev–Trinajstić information content (AvgIpc) is 3.33. The lowest BCUT2D eigenvalue weighted by molar-refractivity contribution is -0.387. The molecule has 1 atom stereocenters. The highest BCUT2D eigenvalue weighted by molar-refractivity contribution is 7.18. The Labute approximate surface area is 248 Å². The molecule has 1 aromatic heterocycles. The van der Waals surface area contributed by atoms with E-state index in [9.17, 15) is 37.3 Å². The third kappa shape index (κ3) is 9.33. The molecule has 0 saturated heterocycles. The van der Waals surface area contributed by atoms with Gasteiger partial charge in [-0.15, -0.1) is 10.2 Å². The van der Waals surface area contributed by atoms with E-state index in [4.69, 9.17) is 9.47 Å². The summed E-state index contributed by atoms with van der Waals surface area (Å²) in [5, 5.41) is 21.6. The fourth-order valence-electron chi connectivity index (χ4n) is 3.55. The van der Waals surface area contributed by atoms with Crippen molar-refractivity contribution in [1.29, 1.82) is 0 Å². The smallest absolute Gasteiger partial charge is 0.416 e. The largest absolute Gasteiger partial charge is 0.444 e. The number of alkyl halides is 3. The summed E-state index contributed by atoms with van der Waals surface area (Å²) in [6.07, 6.45) is -6.43. The van der Waals surface area contributed by atoms with Crippen LogP contribution in [0.4, 0.5) is 38.0 Å². The Balaban J connectivity index is 2.04. The van der Waals surface area contributed by atoms with Crippen LogP contribution in [0, 0.1) is 15.9 Å². The topological polar surface area (TPSA) is 137 Å². The standard InChI is InChI=1S/C27H29F4N5O6S/c1-25(2,3)41-23(37)32-19(15-7-10-17(11-8-15)27(29,30)31)14-35(24(38)42-26(4,5)6)22-34-33-21(43-22)16-9-12-20(36(39)40)18(28)13-16/h7-13,19H,14H2,1-6H3,(H,32,37)/t19-/m1/s1. The van der Waals surface area contributed by atoms with Crippen molar-refractivity contribution >= 4 is 34.3 Å². The molecule has 2 aromatic carbocycles. The number of rotatable bonds is 7. The highest BCUT2D eigenvalue weighted by atomic mass is 32.1. The van der Waals surface area contributed by atoms with Gasteiger partial charge in [0.15, 0.2) is 0 Å². The molecule has 232 valence electrons. The Kier molecular flexibility index (Phi) is 9.63. The molecule has 43 heavy (non-hydrogen) atoms. The Hall–Kier alpha value is -4.34. The number of nitrogens with one attached hydrogen (secondary N) is 1. The number of hydrogen-bond acceptors (Lipinski definition) is 9. The molecule has 0 saturated carbocycles. The van der Waals surface area contributed by atoms with Crippen LogP contribution >= 0.6 is 11.3 Å². The van der Waals surface area contributed by atoms with Gasteiger partial charge in [-0.25, -0.2) is 14.5 Å². The molecule has 0 aliphatic rings. The molecule has 0 fully saturated rings. The van der Waals surface area contributed by atoms with Gasteiger partial charge in [-0.2, -0.15) is 17.6 Å². The SMILES string of the molecule is CC(C)(C)OC(=O)N[C@H](CN(C(=O)OC(C)(C)C)c1nnc(-c2ccc([N+](=O)[O-])c(F)c2)s1)c1ccc(C(F)(F)F)cc1. The zero-order valence-corrected chi connectivity index (χ0v) is 24.8. The summed E-state index contributed by atoms with van der Waals surface area (Å²) in [7, 11) is 0. The van der Waals surface area contributed by atoms with Gasteiger partial charge in [-0.3, -0.25) is 10.1 Å². The van der Waals surface area contributed by atoms with Gasteiger partial charge < -0.3 is 14.8 Å². The van der Waals surface area contributed by atoms with Crippen LogP contribution in [0.3, 0.4) is 0 Å². The van der Waals surface area contributed by atoms with E-state index in [-0.39, 0.29) is 27.8 Å². The van der Waals surface area contributed by atoms with E-state index in [2.05, 4.69) is 15.5 Å².